The quantitative estimate of drug-likeness (QED) is 0.722. The maximum absolute atomic E-state index is 9.29. The average Bonchev–Trinajstić information content (AvgIpc) is 2.19. The third-order valence-corrected chi connectivity index (χ3v) is 2.60. The van der Waals surface area contributed by atoms with E-state index in [1.165, 1.54) is 19.3 Å². The van der Waals surface area contributed by atoms with E-state index in [0.29, 0.717) is 11.8 Å². The van der Waals surface area contributed by atoms with Crippen molar-refractivity contribution in [2.75, 3.05) is 5.32 Å². The van der Waals surface area contributed by atoms with Crippen LogP contribution in [0.25, 0.3) is 0 Å². The Bertz CT molecular complexity index is 309. The number of phenols is 1. The maximum atomic E-state index is 9.29. The van der Waals surface area contributed by atoms with Crippen LogP contribution in [0, 0.1) is 6.92 Å². The number of unbranched alkanes of at least 4 members (excludes halogenated alkanes) is 1. The zero-order chi connectivity index (χ0) is 11.3. The van der Waals surface area contributed by atoms with Gasteiger partial charge in [0, 0.05) is 11.7 Å². The van der Waals surface area contributed by atoms with E-state index in [9.17, 15) is 5.11 Å². The Morgan fingerprint density at radius 1 is 1.40 bits per heavy atom. The Kier molecular flexibility index (Phi) is 4.47. The first-order chi connectivity index (χ1) is 7.13. The minimum absolute atomic E-state index is 0.333. The molecule has 0 bridgehead atoms. The summed E-state index contributed by atoms with van der Waals surface area (Å²) in [5, 5.41) is 12.7. The van der Waals surface area contributed by atoms with Gasteiger partial charge in [0.15, 0.2) is 0 Å². The van der Waals surface area contributed by atoms with Crippen molar-refractivity contribution in [3.05, 3.63) is 23.8 Å². The topological polar surface area (TPSA) is 32.3 Å². The fourth-order valence-corrected chi connectivity index (χ4v) is 1.66. The molecule has 1 aromatic rings. The Morgan fingerprint density at radius 3 is 2.73 bits per heavy atom. The summed E-state index contributed by atoms with van der Waals surface area (Å²) in [6.07, 6.45) is 3.68. The van der Waals surface area contributed by atoms with Crippen molar-refractivity contribution in [1.29, 1.82) is 0 Å². The minimum Gasteiger partial charge on any atom is -0.508 e. The van der Waals surface area contributed by atoms with Gasteiger partial charge in [0.05, 0.1) is 0 Å². The lowest BCUT2D eigenvalue weighted by molar-refractivity contribution is 0.475. The predicted octanol–water partition coefficient (Wildman–Crippen LogP) is 3.69. The second-order valence-corrected chi connectivity index (χ2v) is 4.19. The average molecular weight is 207 g/mol. The first kappa shape index (κ1) is 11.9. The summed E-state index contributed by atoms with van der Waals surface area (Å²) in [6.45, 7) is 6.41. The van der Waals surface area contributed by atoms with Gasteiger partial charge < -0.3 is 10.4 Å². The van der Waals surface area contributed by atoms with E-state index in [1.807, 2.05) is 13.0 Å². The highest BCUT2D eigenvalue weighted by Gasteiger charge is 2.03. The molecule has 2 nitrogen and oxygen atoms in total. The van der Waals surface area contributed by atoms with Crippen LogP contribution in [0.5, 0.6) is 5.75 Å². The highest BCUT2D eigenvalue weighted by molar-refractivity contribution is 5.53. The van der Waals surface area contributed by atoms with E-state index in [0.717, 1.165) is 11.3 Å². The molecule has 0 aliphatic carbocycles. The zero-order valence-corrected chi connectivity index (χ0v) is 9.88. The molecule has 0 saturated heterocycles. The lowest BCUT2D eigenvalue weighted by Crippen LogP contribution is -2.15. The minimum atomic E-state index is 0.333. The standard InChI is InChI=1S/C13H21NO/c1-4-5-6-11(3)14-13-8-7-12(15)9-10(13)2/h7-9,11,14-15H,4-6H2,1-3H3. The third kappa shape index (κ3) is 3.82. The zero-order valence-electron chi connectivity index (χ0n) is 9.88. The van der Waals surface area contributed by atoms with Gasteiger partial charge in [-0.25, -0.2) is 0 Å². The molecule has 0 heterocycles. The van der Waals surface area contributed by atoms with Gasteiger partial charge in [-0.3, -0.25) is 0 Å². The van der Waals surface area contributed by atoms with Gasteiger partial charge in [-0.1, -0.05) is 19.8 Å². The number of hydrogen-bond acceptors (Lipinski definition) is 2. The summed E-state index contributed by atoms with van der Waals surface area (Å²) >= 11 is 0. The number of aromatic hydroxyl groups is 1. The number of nitrogens with one attached hydrogen (secondary N) is 1. The van der Waals surface area contributed by atoms with Crippen molar-refractivity contribution in [2.24, 2.45) is 0 Å². The molecule has 2 N–H and O–H groups in total. The van der Waals surface area contributed by atoms with Crippen LogP contribution in [-0.2, 0) is 0 Å². The van der Waals surface area contributed by atoms with Gasteiger partial charge >= 0.3 is 0 Å². The maximum Gasteiger partial charge on any atom is 0.115 e. The molecule has 15 heavy (non-hydrogen) atoms. The number of phenolic OH excluding ortho intramolecular Hbond substituents is 1. The van der Waals surface area contributed by atoms with Gasteiger partial charge in [0.2, 0.25) is 0 Å². The molecule has 0 spiro atoms. The van der Waals surface area contributed by atoms with Crippen molar-refractivity contribution >= 4 is 5.69 Å². The fraction of sp³-hybridized carbons (Fsp3) is 0.538. The summed E-state index contributed by atoms with van der Waals surface area (Å²) in [4.78, 5) is 0. The molecule has 0 radical (unpaired) electrons. The highest BCUT2D eigenvalue weighted by atomic mass is 16.3. The molecular formula is C13H21NO. The summed E-state index contributed by atoms with van der Waals surface area (Å²) < 4.78 is 0. The molecule has 0 saturated carbocycles. The molecule has 1 atom stereocenters. The van der Waals surface area contributed by atoms with E-state index in [4.69, 9.17) is 0 Å². The van der Waals surface area contributed by atoms with Crippen molar-refractivity contribution in [1.82, 2.24) is 0 Å². The molecule has 0 fully saturated rings. The van der Waals surface area contributed by atoms with Crippen LogP contribution in [0.3, 0.4) is 0 Å². The van der Waals surface area contributed by atoms with Crippen molar-refractivity contribution in [3.8, 4) is 5.75 Å². The fourth-order valence-electron chi connectivity index (χ4n) is 1.66. The first-order valence-corrected chi connectivity index (χ1v) is 5.69. The highest BCUT2D eigenvalue weighted by Crippen LogP contribution is 2.21. The van der Waals surface area contributed by atoms with E-state index in [1.54, 1.807) is 12.1 Å². The first-order valence-electron chi connectivity index (χ1n) is 5.69. The monoisotopic (exact) mass is 207 g/mol. The molecule has 0 aliphatic heterocycles. The second kappa shape index (κ2) is 5.64. The summed E-state index contributed by atoms with van der Waals surface area (Å²) in [5.41, 5.74) is 2.22. The van der Waals surface area contributed by atoms with Gasteiger partial charge in [0.25, 0.3) is 0 Å². The van der Waals surface area contributed by atoms with Crippen LogP contribution >= 0.6 is 0 Å². The number of benzene rings is 1. The summed E-state index contributed by atoms with van der Waals surface area (Å²) in [7, 11) is 0. The Hall–Kier alpha value is -1.18. The number of hydrogen-bond donors (Lipinski definition) is 2. The third-order valence-electron chi connectivity index (χ3n) is 2.60. The van der Waals surface area contributed by atoms with Gasteiger partial charge in [0.1, 0.15) is 5.75 Å². The van der Waals surface area contributed by atoms with E-state index in [-0.39, 0.29) is 0 Å². The molecule has 0 aromatic heterocycles. The van der Waals surface area contributed by atoms with Gasteiger partial charge in [-0.2, -0.15) is 0 Å². The molecule has 84 valence electrons. The van der Waals surface area contributed by atoms with E-state index in [2.05, 4.69) is 19.2 Å². The van der Waals surface area contributed by atoms with Crippen LogP contribution in [0.2, 0.25) is 0 Å². The van der Waals surface area contributed by atoms with Crippen LogP contribution in [-0.4, -0.2) is 11.1 Å². The number of anilines is 1. The predicted molar refractivity (Wildman–Crippen MR) is 65.5 cm³/mol. The number of rotatable bonds is 5. The van der Waals surface area contributed by atoms with E-state index >= 15 is 0 Å². The Labute approximate surface area is 92.3 Å². The molecule has 1 rings (SSSR count). The smallest absolute Gasteiger partial charge is 0.115 e. The van der Waals surface area contributed by atoms with Crippen molar-refractivity contribution in [3.63, 3.8) is 0 Å². The van der Waals surface area contributed by atoms with Crippen LogP contribution < -0.4 is 5.32 Å². The molecule has 1 aromatic carbocycles. The molecule has 0 amide bonds. The molecule has 2 heteroatoms. The van der Waals surface area contributed by atoms with Gasteiger partial charge in [-0.05, 0) is 44.0 Å². The summed E-state index contributed by atoms with van der Waals surface area (Å²) in [5.74, 6) is 0.333. The van der Waals surface area contributed by atoms with Crippen LogP contribution in [0.1, 0.15) is 38.7 Å². The number of aryl methyl sites for hydroxylation is 1. The van der Waals surface area contributed by atoms with E-state index < -0.39 is 0 Å². The Morgan fingerprint density at radius 2 is 2.13 bits per heavy atom. The van der Waals surface area contributed by atoms with Gasteiger partial charge in [-0.15, -0.1) is 0 Å². The Balaban J connectivity index is 2.56. The largest absolute Gasteiger partial charge is 0.508 e. The lowest BCUT2D eigenvalue weighted by Gasteiger charge is -2.16. The van der Waals surface area contributed by atoms with Crippen LogP contribution in [0.4, 0.5) is 5.69 Å². The second-order valence-electron chi connectivity index (χ2n) is 4.19. The summed E-state index contributed by atoms with van der Waals surface area (Å²) in [6, 6.07) is 5.94. The van der Waals surface area contributed by atoms with Crippen molar-refractivity contribution in [2.45, 2.75) is 46.1 Å². The normalized spacial score (nSPS) is 12.5. The van der Waals surface area contributed by atoms with Crippen molar-refractivity contribution < 1.29 is 5.11 Å². The van der Waals surface area contributed by atoms with Crippen LogP contribution in [0.15, 0.2) is 18.2 Å². The molecular weight excluding hydrogens is 186 g/mol. The SMILES string of the molecule is CCCCC(C)Nc1ccc(O)cc1C. The molecule has 1 unspecified atom stereocenters. The molecule has 0 aliphatic rings. The lowest BCUT2D eigenvalue weighted by atomic mass is 10.1.